The lowest BCUT2D eigenvalue weighted by atomic mass is 10.00. The second-order valence-corrected chi connectivity index (χ2v) is 7.19. The quantitative estimate of drug-likeness (QED) is 0.411. The van der Waals surface area contributed by atoms with Crippen LogP contribution in [0.25, 0.3) is 5.76 Å². The molecule has 0 spiro atoms. The fraction of sp³-hybridized carbons (Fsp3) is 0.150. The lowest BCUT2D eigenvalue weighted by molar-refractivity contribution is -0.132. The molecule has 1 atom stereocenters. The summed E-state index contributed by atoms with van der Waals surface area (Å²) in [4.78, 5) is 27.6. The SMILES string of the molecule is COc1ccc(C(O)=C2C(=O)C(=O)N(c3cc(C)on3)C2c2cccs2)cc1. The van der Waals surface area contributed by atoms with Gasteiger partial charge in [0, 0.05) is 16.5 Å². The van der Waals surface area contributed by atoms with Gasteiger partial charge in [-0.15, -0.1) is 11.3 Å². The number of Topliss-reactive ketones (excluding diaryl/α,β-unsaturated/α-hetero) is 1. The highest BCUT2D eigenvalue weighted by Crippen LogP contribution is 2.43. The number of aliphatic hydroxyl groups is 1. The Kier molecular flexibility index (Phi) is 4.48. The number of benzene rings is 1. The van der Waals surface area contributed by atoms with Crippen molar-refractivity contribution in [2.24, 2.45) is 0 Å². The normalized spacial score (nSPS) is 18.6. The monoisotopic (exact) mass is 396 g/mol. The molecule has 0 saturated carbocycles. The average Bonchev–Trinajstić information content (AvgIpc) is 3.43. The van der Waals surface area contributed by atoms with Crippen molar-refractivity contribution in [3.8, 4) is 5.75 Å². The fourth-order valence-corrected chi connectivity index (χ4v) is 3.98. The van der Waals surface area contributed by atoms with Gasteiger partial charge in [0.05, 0.1) is 12.7 Å². The zero-order chi connectivity index (χ0) is 19.8. The van der Waals surface area contributed by atoms with Crippen LogP contribution in [0.3, 0.4) is 0 Å². The molecule has 1 amide bonds. The second-order valence-electron chi connectivity index (χ2n) is 6.21. The van der Waals surface area contributed by atoms with E-state index in [1.807, 2.05) is 17.5 Å². The maximum atomic E-state index is 12.9. The Morgan fingerprint density at radius 1 is 1.25 bits per heavy atom. The third kappa shape index (κ3) is 2.87. The highest BCUT2D eigenvalue weighted by Gasteiger charge is 2.48. The number of amides is 1. The molecule has 7 nitrogen and oxygen atoms in total. The van der Waals surface area contributed by atoms with Crippen molar-refractivity contribution in [2.45, 2.75) is 13.0 Å². The number of carbonyl (C=O) groups is 2. The third-order valence-electron chi connectivity index (χ3n) is 4.48. The lowest BCUT2D eigenvalue weighted by Crippen LogP contribution is -2.29. The first-order valence-electron chi connectivity index (χ1n) is 8.43. The maximum absolute atomic E-state index is 12.9. The molecule has 0 bridgehead atoms. The molecule has 1 N–H and O–H groups in total. The number of hydrogen-bond acceptors (Lipinski definition) is 7. The molecule has 8 heteroatoms. The standard InChI is InChI=1S/C20H16N2O5S/c1-11-10-15(21-27-11)22-17(14-4-3-9-28-14)16(19(24)20(22)25)18(23)12-5-7-13(26-2)8-6-12/h3-10,17,23H,1-2H3. The molecule has 1 unspecified atom stereocenters. The number of ether oxygens (including phenoxy) is 1. The van der Waals surface area contributed by atoms with Crippen molar-refractivity contribution in [1.82, 2.24) is 5.16 Å². The van der Waals surface area contributed by atoms with E-state index in [1.165, 1.54) is 23.3 Å². The number of thiophene rings is 1. The van der Waals surface area contributed by atoms with E-state index in [0.717, 1.165) is 4.88 Å². The Hall–Kier alpha value is -3.39. The van der Waals surface area contributed by atoms with E-state index in [9.17, 15) is 14.7 Å². The number of carbonyl (C=O) groups excluding carboxylic acids is 2. The van der Waals surface area contributed by atoms with Gasteiger partial charge in [-0.2, -0.15) is 0 Å². The largest absolute Gasteiger partial charge is 0.507 e. The van der Waals surface area contributed by atoms with Crippen LogP contribution in [-0.2, 0) is 9.59 Å². The van der Waals surface area contributed by atoms with Crippen LogP contribution < -0.4 is 9.64 Å². The lowest BCUT2D eigenvalue weighted by Gasteiger charge is -2.21. The first-order chi connectivity index (χ1) is 13.5. The van der Waals surface area contributed by atoms with Crippen molar-refractivity contribution in [1.29, 1.82) is 0 Å². The van der Waals surface area contributed by atoms with Gasteiger partial charge < -0.3 is 14.4 Å². The number of nitrogens with zero attached hydrogens (tertiary/aromatic N) is 2. The fourth-order valence-electron chi connectivity index (χ4n) is 3.16. The molecule has 28 heavy (non-hydrogen) atoms. The van der Waals surface area contributed by atoms with Crippen molar-refractivity contribution in [3.63, 3.8) is 0 Å². The first-order valence-corrected chi connectivity index (χ1v) is 9.31. The van der Waals surface area contributed by atoms with Gasteiger partial charge in [0.1, 0.15) is 23.3 Å². The van der Waals surface area contributed by atoms with Crippen LogP contribution in [0.2, 0.25) is 0 Å². The maximum Gasteiger partial charge on any atom is 0.301 e. The summed E-state index contributed by atoms with van der Waals surface area (Å²) in [7, 11) is 1.54. The van der Waals surface area contributed by atoms with Crippen molar-refractivity contribution < 1.29 is 24.0 Å². The Morgan fingerprint density at radius 3 is 2.57 bits per heavy atom. The van der Waals surface area contributed by atoms with E-state index >= 15 is 0 Å². The van der Waals surface area contributed by atoms with Gasteiger partial charge in [0.25, 0.3) is 5.78 Å². The zero-order valence-corrected chi connectivity index (χ0v) is 15.9. The highest BCUT2D eigenvalue weighted by molar-refractivity contribution is 7.10. The number of methoxy groups -OCH3 is 1. The van der Waals surface area contributed by atoms with Crippen LogP contribution >= 0.6 is 11.3 Å². The Morgan fingerprint density at radius 2 is 2.00 bits per heavy atom. The van der Waals surface area contributed by atoms with E-state index < -0.39 is 17.7 Å². The molecule has 3 aromatic rings. The van der Waals surface area contributed by atoms with Gasteiger partial charge in [-0.1, -0.05) is 11.2 Å². The number of ketones is 1. The number of anilines is 1. The predicted octanol–water partition coefficient (Wildman–Crippen LogP) is 3.68. The van der Waals surface area contributed by atoms with Crippen LogP contribution in [0.5, 0.6) is 5.75 Å². The summed E-state index contributed by atoms with van der Waals surface area (Å²) in [5, 5.41) is 16.6. The number of aryl methyl sites for hydroxylation is 1. The summed E-state index contributed by atoms with van der Waals surface area (Å²) < 4.78 is 10.2. The van der Waals surface area contributed by atoms with E-state index in [1.54, 1.807) is 37.3 Å². The summed E-state index contributed by atoms with van der Waals surface area (Å²) in [6.07, 6.45) is 0. The molecule has 0 radical (unpaired) electrons. The molecule has 1 aliphatic heterocycles. The molecular weight excluding hydrogens is 380 g/mol. The molecular formula is C20H16N2O5S. The Bertz CT molecular complexity index is 1070. The summed E-state index contributed by atoms with van der Waals surface area (Å²) in [6.45, 7) is 1.70. The van der Waals surface area contributed by atoms with Gasteiger partial charge in [0.2, 0.25) is 0 Å². The smallest absolute Gasteiger partial charge is 0.301 e. The van der Waals surface area contributed by atoms with Gasteiger partial charge in [-0.05, 0) is 42.6 Å². The van der Waals surface area contributed by atoms with Crippen LogP contribution in [0, 0.1) is 6.92 Å². The molecule has 1 aliphatic rings. The number of hydrogen-bond donors (Lipinski definition) is 1. The van der Waals surface area contributed by atoms with Crippen LogP contribution in [0.4, 0.5) is 5.82 Å². The van der Waals surface area contributed by atoms with Crippen LogP contribution in [0.15, 0.2) is 57.9 Å². The van der Waals surface area contributed by atoms with Crippen LogP contribution in [0.1, 0.15) is 22.2 Å². The number of rotatable bonds is 4. The van der Waals surface area contributed by atoms with E-state index in [-0.39, 0.29) is 17.2 Å². The highest BCUT2D eigenvalue weighted by atomic mass is 32.1. The summed E-state index contributed by atoms with van der Waals surface area (Å²) >= 11 is 1.38. The van der Waals surface area contributed by atoms with Crippen molar-refractivity contribution in [2.75, 3.05) is 12.0 Å². The van der Waals surface area contributed by atoms with Gasteiger partial charge in [-0.3, -0.25) is 14.5 Å². The minimum atomic E-state index is -0.786. The minimum absolute atomic E-state index is 0.0123. The zero-order valence-electron chi connectivity index (χ0n) is 15.1. The van der Waals surface area contributed by atoms with Crippen molar-refractivity contribution >= 4 is 34.6 Å². The number of aromatic nitrogens is 1. The third-order valence-corrected chi connectivity index (χ3v) is 5.41. The first kappa shape index (κ1) is 18.0. The summed E-state index contributed by atoms with van der Waals surface area (Å²) in [6, 6.07) is 11.0. The van der Waals surface area contributed by atoms with E-state index in [2.05, 4.69) is 5.16 Å². The molecule has 4 rings (SSSR count). The summed E-state index contributed by atoms with van der Waals surface area (Å²) in [5.74, 6) is -0.426. The van der Waals surface area contributed by atoms with Gasteiger partial charge in [0.15, 0.2) is 5.82 Å². The van der Waals surface area contributed by atoms with Crippen molar-refractivity contribution in [3.05, 3.63) is 69.6 Å². The average molecular weight is 396 g/mol. The van der Waals surface area contributed by atoms with E-state index in [4.69, 9.17) is 9.26 Å². The van der Waals surface area contributed by atoms with Crippen LogP contribution in [-0.4, -0.2) is 29.1 Å². The Balaban J connectivity index is 1.89. The van der Waals surface area contributed by atoms with Gasteiger partial charge >= 0.3 is 5.91 Å². The topological polar surface area (TPSA) is 92.9 Å². The molecule has 3 heterocycles. The predicted molar refractivity (Wildman–Crippen MR) is 103 cm³/mol. The Labute approximate surface area is 164 Å². The van der Waals surface area contributed by atoms with E-state index in [0.29, 0.717) is 17.1 Å². The summed E-state index contributed by atoms with van der Waals surface area (Å²) in [5.41, 5.74) is 0.426. The second kappa shape index (κ2) is 6.97. The molecule has 1 saturated heterocycles. The molecule has 1 aromatic carbocycles. The minimum Gasteiger partial charge on any atom is -0.507 e. The van der Waals surface area contributed by atoms with Gasteiger partial charge in [-0.25, -0.2) is 0 Å². The number of aliphatic hydroxyl groups excluding tert-OH is 1. The molecule has 2 aromatic heterocycles. The molecule has 0 aliphatic carbocycles. The molecule has 1 fully saturated rings. The molecule has 142 valence electrons.